The summed E-state index contributed by atoms with van der Waals surface area (Å²) in [4.78, 5) is 0. The number of rotatable bonds is 6. The highest BCUT2D eigenvalue weighted by Crippen LogP contribution is 2.45. The molecular formula is C33H29Cl3F2NO2+. The number of hydrogen-bond donors (Lipinski definition) is 0. The smallest absolute Gasteiger partial charge is 0.151 e. The standard InChI is InChI=1S/C33H29Cl3F2NO2/c1-18-7-8-21(34)13-26(18)27-14-22(37)9-19-11-24(40-32(19)27)16-39(2,3)17-25-12-20-10-23(38)15-28(33(20)41-25)31-29(35)5-4-6-30(31)36/h4-10,13-15,24-25H,11-12,16-17H2,1-3H3/q+1/t24-,25-/m1/s1. The Hall–Kier alpha value is -2.83. The fourth-order valence-corrected chi connectivity index (χ4v) is 6.97. The van der Waals surface area contributed by atoms with Crippen molar-refractivity contribution in [2.75, 3.05) is 27.2 Å². The summed E-state index contributed by atoms with van der Waals surface area (Å²) in [6.07, 6.45) is 0.860. The van der Waals surface area contributed by atoms with Crippen LogP contribution in [0.25, 0.3) is 22.3 Å². The molecule has 8 heteroatoms. The summed E-state index contributed by atoms with van der Waals surface area (Å²) in [6, 6.07) is 16.9. The first-order valence-electron chi connectivity index (χ1n) is 13.5. The predicted octanol–water partition coefficient (Wildman–Crippen LogP) is 8.95. The van der Waals surface area contributed by atoms with Crippen LogP contribution in [0.1, 0.15) is 16.7 Å². The molecule has 0 aliphatic carbocycles. The molecule has 2 atom stereocenters. The maximum atomic E-state index is 14.7. The van der Waals surface area contributed by atoms with Crippen LogP contribution in [0.2, 0.25) is 15.1 Å². The van der Waals surface area contributed by atoms with E-state index in [-0.39, 0.29) is 23.8 Å². The Morgan fingerprint density at radius 3 is 1.85 bits per heavy atom. The molecule has 0 unspecified atom stereocenters. The van der Waals surface area contributed by atoms with Crippen LogP contribution >= 0.6 is 34.8 Å². The second-order valence-corrected chi connectivity index (χ2v) is 12.9. The van der Waals surface area contributed by atoms with Crippen molar-refractivity contribution in [3.8, 4) is 33.8 Å². The van der Waals surface area contributed by atoms with Crippen LogP contribution in [0.4, 0.5) is 8.78 Å². The van der Waals surface area contributed by atoms with Crippen LogP contribution in [0.3, 0.4) is 0 Å². The normalized spacial score (nSPS) is 17.7. The summed E-state index contributed by atoms with van der Waals surface area (Å²) >= 11 is 19.2. The summed E-state index contributed by atoms with van der Waals surface area (Å²) in [5, 5.41) is 1.47. The van der Waals surface area contributed by atoms with Gasteiger partial charge in [-0.2, -0.15) is 0 Å². The first-order valence-corrected chi connectivity index (χ1v) is 14.6. The van der Waals surface area contributed by atoms with E-state index in [1.54, 1.807) is 24.3 Å². The Kier molecular flexibility index (Phi) is 7.44. The monoisotopic (exact) mass is 614 g/mol. The molecule has 212 valence electrons. The number of halogens is 5. The Morgan fingerprint density at radius 2 is 1.27 bits per heavy atom. The largest absolute Gasteiger partial charge is 0.483 e. The number of nitrogens with zero attached hydrogens (tertiary/aromatic N) is 1. The van der Waals surface area contributed by atoms with Gasteiger partial charge in [0, 0.05) is 45.7 Å². The van der Waals surface area contributed by atoms with Crippen LogP contribution in [0.15, 0.2) is 60.7 Å². The molecular weight excluding hydrogens is 587 g/mol. The molecule has 2 aliphatic heterocycles. The summed E-state index contributed by atoms with van der Waals surface area (Å²) < 4.78 is 42.9. The van der Waals surface area contributed by atoms with Gasteiger partial charge in [0.15, 0.2) is 12.2 Å². The lowest BCUT2D eigenvalue weighted by Crippen LogP contribution is -2.51. The third kappa shape index (κ3) is 5.65. The van der Waals surface area contributed by atoms with Crippen molar-refractivity contribution in [1.82, 2.24) is 0 Å². The summed E-state index contributed by atoms with van der Waals surface area (Å²) in [5.41, 5.74) is 5.35. The van der Waals surface area contributed by atoms with Gasteiger partial charge >= 0.3 is 0 Å². The van der Waals surface area contributed by atoms with Gasteiger partial charge in [-0.15, -0.1) is 0 Å². The van der Waals surface area contributed by atoms with Gasteiger partial charge < -0.3 is 14.0 Å². The minimum Gasteiger partial charge on any atom is -0.483 e. The van der Waals surface area contributed by atoms with Crippen molar-refractivity contribution in [1.29, 1.82) is 0 Å². The third-order valence-electron chi connectivity index (χ3n) is 7.84. The van der Waals surface area contributed by atoms with E-state index in [0.29, 0.717) is 68.1 Å². The molecule has 0 radical (unpaired) electrons. The summed E-state index contributed by atoms with van der Waals surface area (Å²) in [5.74, 6) is 0.675. The maximum absolute atomic E-state index is 14.7. The van der Waals surface area contributed by atoms with Crippen molar-refractivity contribution in [3.05, 3.63) is 104 Å². The first kappa shape index (κ1) is 28.3. The van der Waals surface area contributed by atoms with Gasteiger partial charge in [0.1, 0.15) is 36.2 Å². The molecule has 6 rings (SSSR count). The number of benzene rings is 4. The van der Waals surface area contributed by atoms with E-state index >= 15 is 0 Å². The highest BCUT2D eigenvalue weighted by molar-refractivity contribution is 6.39. The molecule has 0 fully saturated rings. The highest BCUT2D eigenvalue weighted by atomic mass is 35.5. The minimum atomic E-state index is -0.358. The Bertz CT molecular complexity index is 1650. The zero-order valence-electron chi connectivity index (χ0n) is 22.9. The molecule has 0 saturated heterocycles. The lowest BCUT2D eigenvalue weighted by atomic mass is 9.97. The van der Waals surface area contributed by atoms with Crippen LogP contribution < -0.4 is 9.47 Å². The molecule has 4 aromatic rings. The number of hydrogen-bond acceptors (Lipinski definition) is 2. The molecule has 4 aromatic carbocycles. The lowest BCUT2D eigenvalue weighted by molar-refractivity contribution is -0.895. The number of fused-ring (bicyclic) bond motifs is 2. The molecule has 2 aliphatic rings. The second kappa shape index (κ2) is 10.8. The van der Waals surface area contributed by atoms with E-state index in [1.807, 2.05) is 25.1 Å². The molecule has 2 heterocycles. The molecule has 0 spiro atoms. The van der Waals surface area contributed by atoms with Crippen molar-refractivity contribution in [2.45, 2.75) is 32.0 Å². The topological polar surface area (TPSA) is 18.5 Å². The third-order valence-corrected chi connectivity index (χ3v) is 8.71. The van der Waals surface area contributed by atoms with Gasteiger partial charge in [0.05, 0.1) is 24.1 Å². The molecule has 0 bridgehead atoms. The van der Waals surface area contributed by atoms with Crippen LogP contribution in [0.5, 0.6) is 11.5 Å². The number of likely N-dealkylation sites (N-methyl/N-ethyl adjacent to an activating group) is 1. The van der Waals surface area contributed by atoms with E-state index in [4.69, 9.17) is 44.3 Å². The summed E-state index contributed by atoms with van der Waals surface area (Å²) in [7, 11) is 4.24. The SMILES string of the molecule is Cc1ccc(Cl)cc1-c1cc(F)cc2c1O[C@@H](C[N+](C)(C)C[C@H]1Cc3cc(F)cc(-c4c(Cl)cccc4Cl)c3O1)C2. The van der Waals surface area contributed by atoms with E-state index in [9.17, 15) is 8.78 Å². The van der Waals surface area contributed by atoms with E-state index in [0.717, 1.165) is 27.8 Å². The molecule has 41 heavy (non-hydrogen) atoms. The average molecular weight is 616 g/mol. The Balaban J connectivity index is 1.20. The fraction of sp³-hybridized carbons (Fsp3) is 0.273. The number of aryl methyl sites for hydroxylation is 1. The first-order chi connectivity index (χ1) is 19.5. The quantitative estimate of drug-likeness (QED) is 0.202. The Morgan fingerprint density at radius 1 is 0.732 bits per heavy atom. The van der Waals surface area contributed by atoms with Gasteiger partial charge in [-0.25, -0.2) is 8.78 Å². The average Bonchev–Trinajstić information content (AvgIpc) is 3.46. The summed E-state index contributed by atoms with van der Waals surface area (Å²) in [6.45, 7) is 3.32. The van der Waals surface area contributed by atoms with Crippen molar-refractivity contribution >= 4 is 34.8 Å². The minimum absolute atomic E-state index is 0.140. The molecule has 0 saturated carbocycles. The predicted molar refractivity (Wildman–Crippen MR) is 162 cm³/mol. The van der Waals surface area contributed by atoms with E-state index in [1.165, 1.54) is 18.2 Å². The number of quaternary nitrogens is 1. The van der Waals surface area contributed by atoms with E-state index < -0.39 is 0 Å². The highest BCUT2D eigenvalue weighted by Gasteiger charge is 2.37. The lowest BCUT2D eigenvalue weighted by Gasteiger charge is -2.34. The Labute approximate surface area is 253 Å². The number of ether oxygens (including phenoxy) is 2. The van der Waals surface area contributed by atoms with Gasteiger partial charge in [-0.05, 0) is 66.6 Å². The van der Waals surface area contributed by atoms with Gasteiger partial charge in [0.25, 0.3) is 0 Å². The van der Waals surface area contributed by atoms with Crippen molar-refractivity contribution in [2.24, 2.45) is 0 Å². The molecule has 0 N–H and O–H groups in total. The zero-order chi connectivity index (χ0) is 29.1. The van der Waals surface area contributed by atoms with Crippen LogP contribution in [-0.4, -0.2) is 43.9 Å². The van der Waals surface area contributed by atoms with Crippen molar-refractivity contribution in [3.63, 3.8) is 0 Å². The van der Waals surface area contributed by atoms with Gasteiger partial charge in [0.2, 0.25) is 0 Å². The van der Waals surface area contributed by atoms with E-state index in [2.05, 4.69) is 14.1 Å². The van der Waals surface area contributed by atoms with Crippen LogP contribution in [0, 0.1) is 18.6 Å². The molecule has 3 nitrogen and oxygen atoms in total. The molecule has 0 amide bonds. The van der Waals surface area contributed by atoms with Crippen molar-refractivity contribution < 1.29 is 22.7 Å². The zero-order valence-corrected chi connectivity index (χ0v) is 25.2. The molecule has 0 aromatic heterocycles. The maximum Gasteiger partial charge on any atom is 0.151 e. The van der Waals surface area contributed by atoms with Crippen LogP contribution in [-0.2, 0) is 12.8 Å². The van der Waals surface area contributed by atoms with Gasteiger partial charge in [-0.3, -0.25) is 0 Å². The fourth-order valence-electron chi connectivity index (χ4n) is 6.19. The van der Waals surface area contributed by atoms with Gasteiger partial charge in [-0.1, -0.05) is 46.9 Å². The second-order valence-electron chi connectivity index (χ2n) is 11.6.